The Bertz CT molecular complexity index is 1070. The molecule has 2 aliphatic heterocycles. The predicted octanol–water partition coefficient (Wildman–Crippen LogP) is 4.03. The Morgan fingerprint density at radius 2 is 1.88 bits per heavy atom. The molecule has 1 aliphatic carbocycles. The number of aliphatic imine (C=N–C) groups is 1. The van der Waals surface area contributed by atoms with E-state index in [9.17, 15) is 9.59 Å². The number of urea groups is 1. The number of rotatable bonds is 4. The van der Waals surface area contributed by atoms with E-state index in [4.69, 9.17) is 9.73 Å². The van der Waals surface area contributed by atoms with E-state index in [1.807, 2.05) is 34.1 Å². The fourth-order valence-corrected chi connectivity index (χ4v) is 5.50. The summed E-state index contributed by atoms with van der Waals surface area (Å²) in [5, 5.41) is 3.09. The predicted molar refractivity (Wildman–Crippen MR) is 130 cm³/mol. The molecule has 0 bridgehead atoms. The molecule has 8 heteroatoms. The fraction of sp³-hybridized carbons (Fsp3) is 0.462. The highest BCUT2D eigenvalue weighted by Crippen LogP contribution is 2.39. The second-order valence-electron chi connectivity index (χ2n) is 9.27. The van der Waals surface area contributed by atoms with Gasteiger partial charge in [-0.3, -0.25) is 25.0 Å². The number of nitrogens with zero attached hydrogens (tertiary/aromatic N) is 4. The summed E-state index contributed by atoms with van der Waals surface area (Å²) in [4.78, 5) is 39.5. The van der Waals surface area contributed by atoms with Crippen molar-refractivity contribution in [3.8, 4) is 5.75 Å². The van der Waals surface area contributed by atoms with Gasteiger partial charge in [0.05, 0.1) is 30.6 Å². The Morgan fingerprint density at radius 1 is 1.12 bits per heavy atom. The summed E-state index contributed by atoms with van der Waals surface area (Å²) < 4.78 is 5.40. The highest BCUT2D eigenvalue weighted by atomic mass is 16.5. The van der Waals surface area contributed by atoms with E-state index in [0.29, 0.717) is 37.2 Å². The average Bonchev–Trinajstić information content (AvgIpc) is 3.15. The Labute approximate surface area is 200 Å². The molecule has 3 aliphatic rings. The summed E-state index contributed by atoms with van der Waals surface area (Å²) >= 11 is 0. The third-order valence-corrected chi connectivity index (χ3v) is 7.30. The van der Waals surface area contributed by atoms with Crippen molar-refractivity contribution in [2.45, 2.75) is 56.5 Å². The lowest BCUT2D eigenvalue weighted by Crippen LogP contribution is -2.58. The molecule has 0 radical (unpaired) electrons. The standard InChI is InChI=1S/C26H31N5O3/c1-34-22-12-6-5-11-21(22)23(32)30-16-13-26(14-17-30)24(28-19-8-3-2-4-9-19)29-25(33)31(26)20-10-7-15-27-18-20/h5-7,10-12,15,18-19H,2-4,8-9,13-14,16-17H2,1H3,(H,28,29,33). The van der Waals surface area contributed by atoms with Crippen LogP contribution in [0.4, 0.5) is 10.5 Å². The normalized spacial score (nSPS) is 21.7. The minimum absolute atomic E-state index is 0.0525. The molecule has 5 rings (SSSR count). The molecule has 3 amide bonds. The molecule has 8 nitrogen and oxygen atoms in total. The van der Waals surface area contributed by atoms with Gasteiger partial charge in [0.15, 0.2) is 0 Å². The van der Waals surface area contributed by atoms with E-state index in [0.717, 1.165) is 24.4 Å². The second-order valence-corrected chi connectivity index (χ2v) is 9.27. The minimum atomic E-state index is -0.602. The van der Waals surface area contributed by atoms with Crippen LogP contribution < -0.4 is 15.0 Å². The first-order valence-electron chi connectivity index (χ1n) is 12.1. The van der Waals surface area contributed by atoms with Crippen molar-refractivity contribution < 1.29 is 14.3 Å². The van der Waals surface area contributed by atoms with Gasteiger partial charge in [-0.15, -0.1) is 0 Å². The molecular weight excluding hydrogens is 430 g/mol. The van der Waals surface area contributed by atoms with Gasteiger partial charge in [-0.05, 0) is 49.9 Å². The number of anilines is 1. The molecule has 2 saturated heterocycles. The van der Waals surface area contributed by atoms with Crippen molar-refractivity contribution in [2.24, 2.45) is 4.99 Å². The Hall–Kier alpha value is -3.42. The topological polar surface area (TPSA) is 87.1 Å². The van der Waals surface area contributed by atoms with Gasteiger partial charge in [-0.1, -0.05) is 31.4 Å². The number of ether oxygens (including phenoxy) is 1. The monoisotopic (exact) mass is 461 g/mol. The number of piperidine rings is 1. The lowest BCUT2D eigenvalue weighted by molar-refractivity contribution is 0.0696. The van der Waals surface area contributed by atoms with E-state index >= 15 is 0 Å². The van der Waals surface area contributed by atoms with E-state index < -0.39 is 5.54 Å². The molecule has 1 saturated carbocycles. The van der Waals surface area contributed by atoms with E-state index in [2.05, 4.69) is 10.3 Å². The Morgan fingerprint density at radius 3 is 2.59 bits per heavy atom. The van der Waals surface area contributed by atoms with Crippen LogP contribution >= 0.6 is 0 Å². The molecular formula is C26H31N5O3. The first-order chi connectivity index (χ1) is 16.6. The number of hydrogen-bond donors (Lipinski definition) is 1. The van der Waals surface area contributed by atoms with Crippen molar-refractivity contribution in [2.75, 3.05) is 25.1 Å². The molecule has 0 atom stereocenters. The number of hydrogen-bond acceptors (Lipinski definition) is 5. The van der Waals surface area contributed by atoms with Crippen LogP contribution in [0.15, 0.2) is 53.8 Å². The summed E-state index contributed by atoms with van der Waals surface area (Å²) in [5.74, 6) is 1.27. The van der Waals surface area contributed by atoms with Crippen LogP contribution in [-0.2, 0) is 0 Å². The third kappa shape index (κ3) is 4.02. The molecule has 2 aromatic rings. The van der Waals surface area contributed by atoms with Gasteiger partial charge in [0.25, 0.3) is 5.91 Å². The minimum Gasteiger partial charge on any atom is -0.496 e. The summed E-state index contributed by atoms with van der Waals surface area (Å²) in [6.45, 7) is 1.04. The maximum absolute atomic E-state index is 13.3. The van der Waals surface area contributed by atoms with E-state index in [1.54, 1.807) is 31.6 Å². The lowest BCUT2D eigenvalue weighted by Gasteiger charge is -2.43. The number of carbonyl (C=O) groups is 2. The Balaban J connectivity index is 1.44. The molecule has 178 valence electrons. The van der Waals surface area contributed by atoms with Gasteiger partial charge in [-0.25, -0.2) is 4.79 Å². The van der Waals surface area contributed by atoms with Crippen LogP contribution in [0.3, 0.4) is 0 Å². The number of methoxy groups -OCH3 is 1. The SMILES string of the molecule is COc1ccccc1C(=O)N1CCC2(CC1)C(=NC1CCCCC1)NC(=O)N2c1cccnc1. The number of amides is 3. The van der Waals surface area contributed by atoms with Crippen LogP contribution in [0.25, 0.3) is 0 Å². The second kappa shape index (κ2) is 9.44. The maximum atomic E-state index is 13.3. The highest BCUT2D eigenvalue weighted by Gasteiger charge is 2.53. The zero-order valence-corrected chi connectivity index (χ0v) is 19.6. The number of nitrogens with one attached hydrogen (secondary N) is 1. The number of likely N-dealkylation sites (tertiary alicyclic amines) is 1. The summed E-state index contributed by atoms with van der Waals surface area (Å²) in [6.07, 6.45) is 10.3. The number of pyridine rings is 1. The van der Waals surface area contributed by atoms with Crippen molar-refractivity contribution >= 4 is 23.5 Å². The largest absolute Gasteiger partial charge is 0.496 e. The van der Waals surface area contributed by atoms with Crippen molar-refractivity contribution in [3.63, 3.8) is 0 Å². The van der Waals surface area contributed by atoms with Crippen LogP contribution in [0, 0.1) is 0 Å². The third-order valence-electron chi connectivity index (χ3n) is 7.30. The number of para-hydroxylation sites is 1. The van der Waals surface area contributed by atoms with Crippen LogP contribution in [0.1, 0.15) is 55.3 Å². The van der Waals surface area contributed by atoms with Crippen LogP contribution in [0.2, 0.25) is 0 Å². The van der Waals surface area contributed by atoms with Crippen LogP contribution in [-0.4, -0.2) is 59.4 Å². The van der Waals surface area contributed by atoms with Gasteiger partial charge in [0, 0.05) is 19.3 Å². The molecule has 1 N–H and O–H groups in total. The van der Waals surface area contributed by atoms with Gasteiger partial charge >= 0.3 is 6.03 Å². The summed E-state index contributed by atoms with van der Waals surface area (Å²) in [7, 11) is 1.58. The number of aromatic nitrogens is 1. The highest BCUT2D eigenvalue weighted by molar-refractivity contribution is 6.19. The molecule has 1 aromatic carbocycles. The van der Waals surface area contributed by atoms with Gasteiger partial charge in [0.1, 0.15) is 17.1 Å². The zero-order chi connectivity index (χ0) is 23.5. The smallest absolute Gasteiger partial charge is 0.328 e. The summed E-state index contributed by atoms with van der Waals surface area (Å²) in [6, 6.07) is 11.1. The van der Waals surface area contributed by atoms with E-state index in [1.165, 1.54) is 19.3 Å². The number of amidine groups is 1. The van der Waals surface area contributed by atoms with Crippen LogP contribution in [0.5, 0.6) is 5.75 Å². The molecule has 0 unspecified atom stereocenters. The van der Waals surface area contributed by atoms with Gasteiger partial charge in [0.2, 0.25) is 0 Å². The number of benzene rings is 1. The average molecular weight is 462 g/mol. The van der Waals surface area contributed by atoms with Crippen molar-refractivity contribution in [1.29, 1.82) is 0 Å². The first kappa shape index (κ1) is 22.4. The lowest BCUT2D eigenvalue weighted by atomic mass is 9.84. The first-order valence-corrected chi connectivity index (χ1v) is 12.1. The molecule has 34 heavy (non-hydrogen) atoms. The molecule has 1 aromatic heterocycles. The van der Waals surface area contributed by atoms with Gasteiger partial charge < -0.3 is 9.64 Å². The molecule has 1 spiro atoms. The van der Waals surface area contributed by atoms with E-state index in [-0.39, 0.29) is 18.0 Å². The summed E-state index contributed by atoms with van der Waals surface area (Å²) in [5.41, 5.74) is 0.704. The maximum Gasteiger partial charge on any atom is 0.328 e. The van der Waals surface area contributed by atoms with Gasteiger partial charge in [-0.2, -0.15) is 0 Å². The van der Waals surface area contributed by atoms with Crippen molar-refractivity contribution in [1.82, 2.24) is 15.2 Å². The molecule has 3 heterocycles. The quantitative estimate of drug-likeness (QED) is 0.745. The Kier molecular flexibility index (Phi) is 6.22. The zero-order valence-electron chi connectivity index (χ0n) is 19.6. The van der Waals surface area contributed by atoms with Crippen molar-refractivity contribution in [3.05, 3.63) is 54.4 Å². The fourth-order valence-electron chi connectivity index (χ4n) is 5.50. The molecule has 3 fully saturated rings. The number of carbonyl (C=O) groups excluding carboxylic acids is 2.